The summed E-state index contributed by atoms with van der Waals surface area (Å²) in [6, 6.07) is 32.9. The van der Waals surface area contributed by atoms with Crippen LogP contribution in [-0.2, 0) is 28.4 Å². The van der Waals surface area contributed by atoms with Gasteiger partial charge in [0.05, 0.1) is 28.9 Å². The van der Waals surface area contributed by atoms with Gasteiger partial charge in [0.1, 0.15) is 12.7 Å². The first-order valence-corrected chi connectivity index (χ1v) is 15.8. The number of ether oxygens (including phenoxy) is 6. The van der Waals surface area contributed by atoms with E-state index in [2.05, 4.69) is 6.58 Å². The number of hydrogen-bond acceptors (Lipinski definition) is 10. The lowest BCUT2D eigenvalue weighted by atomic mass is 9.97. The summed E-state index contributed by atoms with van der Waals surface area (Å²) in [5.74, 6) is -2.96. The molecule has 0 N–H and O–H groups in total. The molecule has 0 bridgehead atoms. The van der Waals surface area contributed by atoms with Crippen LogP contribution in [-0.4, -0.2) is 67.8 Å². The van der Waals surface area contributed by atoms with Gasteiger partial charge in [0.25, 0.3) is 0 Å². The first kappa shape index (κ1) is 34.7. The number of esters is 4. The molecule has 0 radical (unpaired) electrons. The fourth-order valence-electron chi connectivity index (χ4n) is 5.09. The molecule has 49 heavy (non-hydrogen) atoms. The lowest BCUT2D eigenvalue weighted by Crippen LogP contribution is -2.63. The summed E-state index contributed by atoms with van der Waals surface area (Å²) in [5.41, 5.74) is 0.912. The minimum atomic E-state index is -1.47. The van der Waals surface area contributed by atoms with Gasteiger partial charge in [0.15, 0.2) is 24.6 Å². The van der Waals surface area contributed by atoms with Crippen molar-refractivity contribution in [2.24, 2.45) is 0 Å². The van der Waals surface area contributed by atoms with Gasteiger partial charge in [-0.1, -0.05) is 78.9 Å². The van der Waals surface area contributed by atoms with Crippen molar-refractivity contribution in [3.63, 3.8) is 0 Å². The number of carbonyl (C=O) groups excluding carboxylic acids is 4. The maximum absolute atomic E-state index is 13.6. The number of carbonyl (C=O) groups is 4. The Morgan fingerprint density at radius 1 is 0.571 bits per heavy atom. The van der Waals surface area contributed by atoms with Crippen molar-refractivity contribution in [2.45, 2.75) is 43.5 Å². The summed E-state index contributed by atoms with van der Waals surface area (Å²) in [7, 11) is 0. The quantitative estimate of drug-likeness (QED) is 0.0664. The topological polar surface area (TPSA) is 124 Å². The summed E-state index contributed by atoms with van der Waals surface area (Å²) >= 11 is 0. The van der Waals surface area contributed by atoms with Crippen LogP contribution in [0.15, 0.2) is 134 Å². The third-order valence-electron chi connectivity index (χ3n) is 7.57. The smallest absolute Gasteiger partial charge is 0.338 e. The molecule has 5 atom stereocenters. The molecule has 5 rings (SSSR count). The van der Waals surface area contributed by atoms with Crippen molar-refractivity contribution in [1.82, 2.24) is 0 Å². The number of allylic oxidation sites excluding steroid dienone is 1. The highest BCUT2D eigenvalue weighted by Crippen LogP contribution is 2.32. The number of unbranched alkanes of at least 4 members (excludes halogenated alkanes) is 1. The van der Waals surface area contributed by atoms with Gasteiger partial charge in [0, 0.05) is 0 Å². The average molecular weight is 665 g/mol. The van der Waals surface area contributed by atoms with Crippen LogP contribution in [0.25, 0.3) is 0 Å². The highest BCUT2D eigenvalue weighted by molar-refractivity contribution is 5.91. The molecule has 252 valence electrons. The third-order valence-corrected chi connectivity index (χ3v) is 7.57. The van der Waals surface area contributed by atoms with Gasteiger partial charge in [-0.25, -0.2) is 19.2 Å². The molecule has 0 spiro atoms. The van der Waals surface area contributed by atoms with E-state index in [0.717, 1.165) is 0 Å². The second kappa shape index (κ2) is 17.5. The van der Waals surface area contributed by atoms with Gasteiger partial charge in [-0.05, 0) is 61.4 Å². The van der Waals surface area contributed by atoms with Crippen LogP contribution in [0.1, 0.15) is 54.3 Å². The Labute approximate surface area is 284 Å². The number of hydrogen-bond donors (Lipinski definition) is 0. The normalized spacial score (nSPS) is 20.0. The first-order chi connectivity index (χ1) is 23.9. The van der Waals surface area contributed by atoms with E-state index in [9.17, 15) is 19.2 Å². The van der Waals surface area contributed by atoms with Crippen LogP contribution in [0, 0.1) is 0 Å². The molecule has 1 aliphatic heterocycles. The molecule has 10 nitrogen and oxygen atoms in total. The zero-order chi connectivity index (χ0) is 34.4. The standard InChI is InChI=1S/C39H36O10/c1-2-3-16-25-44-39-34(49-38(43)30-23-14-7-15-24-30)33(48-37(42)29-21-12-6-13-22-29)32(47-36(41)28-19-10-5-11-20-28)31(46-39)26-45-35(40)27-17-8-4-9-18-27/h2,4-15,17-24,31-34,39H,1,3,16,25-26H2/t31-,32-,33+,34-,39?/m1/s1. The van der Waals surface area contributed by atoms with Crippen molar-refractivity contribution >= 4 is 23.9 Å². The molecular formula is C39H36O10. The molecule has 1 heterocycles. The zero-order valence-corrected chi connectivity index (χ0v) is 26.6. The molecule has 1 unspecified atom stereocenters. The molecule has 4 aromatic carbocycles. The van der Waals surface area contributed by atoms with Gasteiger partial charge in [0.2, 0.25) is 0 Å². The molecule has 1 aliphatic rings. The van der Waals surface area contributed by atoms with Gasteiger partial charge in [-0.3, -0.25) is 0 Å². The SMILES string of the molecule is C=CCCCOC1O[C@H](COC(=O)c2ccccc2)[C@@H](OC(=O)c2ccccc2)[C@H](OC(=O)c2ccccc2)[C@H]1OC(=O)c1ccccc1. The maximum atomic E-state index is 13.6. The zero-order valence-electron chi connectivity index (χ0n) is 26.6. The largest absolute Gasteiger partial charge is 0.459 e. The number of rotatable bonds is 14. The van der Waals surface area contributed by atoms with E-state index in [1.54, 1.807) is 127 Å². The minimum absolute atomic E-state index is 0.153. The van der Waals surface area contributed by atoms with Gasteiger partial charge >= 0.3 is 23.9 Å². The Hall–Kier alpha value is -5.58. The molecule has 4 aromatic rings. The van der Waals surface area contributed by atoms with Crippen molar-refractivity contribution in [3.8, 4) is 0 Å². The lowest BCUT2D eigenvalue weighted by Gasteiger charge is -2.44. The van der Waals surface area contributed by atoms with Crippen LogP contribution in [0.3, 0.4) is 0 Å². The monoisotopic (exact) mass is 664 g/mol. The summed E-state index contributed by atoms with van der Waals surface area (Å²) in [4.78, 5) is 53.6. The molecule has 10 heteroatoms. The Balaban J connectivity index is 1.53. The molecule has 0 aliphatic carbocycles. The Bertz CT molecular complexity index is 1680. The molecule has 1 saturated heterocycles. The van der Waals surface area contributed by atoms with E-state index in [4.69, 9.17) is 28.4 Å². The van der Waals surface area contributed by atoms with Gasteiger partial charge in [-0.15, -0.1) is 6.58 Å². The Kier molecular flexibility index (Phi) is 12.4. The van der Waals surface area contributed by atoms with E-state index < -0.39 is 61.2 Å². The lowest BCUT2D eigenvalue weighted by molar-refractivity contribution is -0.298. The highest BCUT2D eigenvalue weighted by Gasteiger charge is 2.53. The van der Waals surface area contributed by atoms with Crippen LogP contribution < -0.4 is 0 Å². The summed E-state index contributed by atoms with van der Waals surface area (Å²) in [6.45, 7) is 3.46. The van der Waals surface area contributed by atoms with Crippen molar-refractivity contribution in [2.75, 3.05) is 13.2 Å². The summed E-state index contributed by atoms with van der Waals surface area (Å²) < 4.78 is 36.0. The highest BCUT2D eigenvalue weighted by atomic mass is 16.7. The molecule has 1 fully saturated rings. The van der Waals surface area contributed by atoms with E-state index in [0.29, 0.717) is 12.8 Å². The average Bonchev–Trinajstić information content (AvgIpc) is 3.15. The first-order valence-electron chi connectivity index (χ1n) is 15.8. The van der Waals surface area contributed by atoms with Crippen molar-refractivity contribution < 1.29 is 47.6 Å². The van der Waals surface area contributed by atoms with Crippen molar-refractivity contribution in [1.29, 1.82) is 0 Å². The predicted octanol–water partition coefficient (Wildman–Crippen LogP) is 6.23. The summed E-state index contributed by atoms with van der Waals surface area (Å²) in [6.07, 6.45) is -3.94. The fraction of sp³-hybridized carbons (Fsp3) is 0.231. The van der Waals surface area contributed by atoms with Crippen LogP contribution in [0.2, 0.25) is 0 Å². The second-order valence-corrected chi connectivity index (χ2v) is 11.0. The molecule has 0 saturated carbocycles. The van der Waals surface area contributed by atoms with Gasteiger partial charge in [-0.2, -0.15) is 0 Å². The number of benzene rings is 4. The second-order valence-electron chi connectivity index (χ2n) is 11.0. The predicted molar refractivity (Wildman–Crippen MR) is 178 cm³/mol. The van der Waals surface area contributed by atoms with E-state index in [1.165, 1.54) is 0 Å². The van der Waals surface area contributed by atoms with Crippen LogP contribution in [0.5, 0.6) is 0 Å². The van der Waals surface area contributed by atoms with Crippen LogP contribution in [0.4, 0.5) is 0 Å². The Morgan fingerprint density at radius 3 is 1.43 bits per heavy atom. The van der Waals surface area contributed by atoms with Gasteiger partial charge < -0.3 is 28.4 Å². The third kappa shape index (κ3) is 9.50. The van der Waals surface area contributed by atoms with Crippen molar-refractivity contribution in [3.05, 3.63) is 156 Å². The maximum Gasteiger partial charge on any atom is 0.338 e. The fourth-order valence-corrected chi connectivity index (χ4v) is 5.09. The molecule has 0 amide bonds. The van der Waals surface area contributed by atoms with E-state index in [1.807, 2.05) is 0 Å². The van der Waals surface area contributed by atoms with Crippen LogP contribution >= 0.6 is 0 Å². The van der Waals surface area contributed by atoms with E-state index >= 15 is 0 Å². The Morgan fingerprint density at radius 2 is 0.980 bits per heavy atom. The summed E-state index contributed by atoms with van der Waals surface area (Å²) in [5, 5.41) is 0. The minimum Gasteiger partial charge on any atom is -0.459 e. The molecular weight excluding hydrogens is 628 g/mol. The van der Waals surface area contributed by atoms with E-state index in [-0.39, 0.29) is 28.9 Å². The molecule has 0 aromatic heterocycles.